The van der Waals surface area contributed by atoms with Crippen LogP contribution in [-0.2, 0) is 6.42 Å². The lowest BCUT2D eigenvalue weighted by atomic mass is 10.3. The van der Waals surface area contributed by atoms with Crippen molar-refractivity contribution in [1.29, 1.82) is 0 Å². The Kier molecular flexibility index (Phi) is 3.78. The van der Waals surface area contributed by atoms with Crippen molar-refractivity contribution in [2.24, 2.45) is 5.84 Å². The molecule has 4 N–H and O–H groups in total. The fraction of sp³-hybridized carbons (Fsp3) is 0.250. The van der Waals surface area contributed by atoms with Crippen molar-refractivity contribution >= 4 is 17.3 Å². The number of rotatable bonds is 6. The van der Waals surface area contributed by atoms with Gasteiger partial charge in [0.05, 0.1) is 4.92 Å². The second-order valence-corrected chi connectivity index (χ2v) is 3.35. The van der Waals surface area contributed by atoms with E-state index in [-0.39, 0.29) is 17.3 Å². The highest BCUT2D eigenvalue weighted by Gasteiger charge is 2.22. The molecule has 2 aromatic heterocycles. The third-order valence-electron chi connectivity index (χ3n) is 2.19. The molecule has 0 spiro atoms. The molecule has 2 heterocycles. The summed E-state index contributed by atoms with van der Waals surface area (Å²) in [5.41, 5.74) is 1.83. The average Bonchev–Trinajstić information content (AvgIpc) is 2.91. The zero-order valence-corrected chi connectivity index (χ0v) is 9.61. The molecule has 0 aromatic carbocycles. The first-order valence-corrected chi connectivity index (χ1v) is 5.17. The number of aromatic nitrogens is 4. The first-order valence-electron chi connectivity index (χ1n) is 5.17. The maximum atomic E-state index is 10.9. The molecule has 0 aliphatic rings. The quantitative estimate of drug-likeness (QED) is 0.360. The summed E-state index contributed by atoms with van der Waals surface area (Å²) in [5, 5.41) is 17.4. The van der Waals surface area contributed by atoms with Crippen LogP contribution < -0.4 is 16.6 Å². The van der Waals surface area contributed by atoms with E-state index in [1.54, 1.807) is 0 Å². The monoisotopic (exact) mass is 266 g/mol. The van der Waals surface area contributed by atoms with Crippen molar-refractivity contribution in [2.45, 2.75) is 6.42 Å². The van der Waals surface area contributed by atoms with Crippen molar-refractivity contribution < 1.29 is 9.45 Å². The second kappa shape index (κ2) is 5.68. The highest BCUT2D eigenvalue weighted by atomic mass is 16.6. The SMILES string of the molecule is NNc1ncnc(NCCc2ncon2)c1[N+](=O)[O-]. The fourth-order valence-corrected chi connectivity index (χ4v) is 1.38. The molecule has 0 saturated carbocycles. The minimum absolute atomic E-state index is 0.0662. The molecule has 0 amide bonds. The summed E-state index contributed by atoms with van der Waals surface area (Å²) < 4.78 is 4.57. The van der Waals surface area contributed by atoms with Crippen LogP contribution in [-0.4, -0.2) is 31.6 Å². The predicted octanol–water partition coefficient (Wildman–Crippen LogP) is -0.292. The molecular formula is C8H10N8O3. The molecule has 0 atom stereocenters. The van der Waals surface area contributed by atoms with E-state index >= 15 is 0 Å². The van der Waals surface area contributed by atoms with Crippen LogP contribution in [0.5, 0.6) is 0 Å². The highest BCUT2D eigenvalue weighted by Crippen LogP contribution is 2.27. The Morgan fingerprint density at radius 2 is 2.16 bits per heavy atom. The first kappa shape index (κ1) is 12.6. The number of nitrogens with two attached hydrogens (primary N) is 1. The van der Waals surface area contributed by atoms with E-state index in [1.807, 2.05) is 0 Å². The molecule has 0 aliphatic heterocycles. The van der Waals surface area contributed by atoms with Gasteiger partial charge in [0, 0.05) is 13.0 Å². The number of hydrazine groups is 1. The molecule has 2 aromatic rings. The van der Waals surface area contributed by atoms with E-state index in [4.69, 9.17) is 5.84 Å². The van der Waals surface area contributed by atoms with Gasteiger partial charge in [-0.25, -0.2) is 15.8 Å². The number of hydrogen-bond donors (Lipinski definition) is 3. The number of anilines is 2. The lowest BCUT2D eigenvalue weighted by Crippen LogP contribution is -2.14. The van der Waals surface area contributed by atoms with Crippen molar-refractivity contribution in [1.82, 2.24) is 20.1 Å². The zero-order chi connectivity index (χ0) is 13.7. The minimum Gasteiger partial charge on any atom is -0.364 e. The average molecular weight is 266 g/mol. The lowest BCUT2D eigenvalue weighted by Gasteiger charge is -2.06. The first-order chi connectivity index (χ1) is 9.22. The minimum atomic E-state index is -0.619. The molecule has 2 rings (SSSR count). The van der Waals surface area contributed by atoms with E-state index in [2.05, 4.69) is 35.4 Å². The van der Waals surface area contributed by atoms with E-state index in [9.17, 15) is 10.1 Å². The van der Waals surface area contributed by atoms with Crippen LogP contribution in [0, 0.1) is 10.1 Å². The summed E-state index contributed by atoms with van der Waals surface area (Å²) in [6, 6.07) is 0. The predicted molar refractivity (Wildman–Crippen MR) is 63.0 cm³/mol. The van der Waals surface area contributed by atoms with Crippen molar-refractivity contribution in [3.63, 3.8) is 0 Å². The fourth-order valence-electron chi connectivity index (χ4n) is 1.38. The molecule has 11 heteroatoms. The molecule has 0 aliphatic carbocycles. The Morgan fingerprint density at radius 3 is 2.79 bits per heavy atom. The van der Waals surface area contributed by atoms with E-state index in [0.29, 0.717) is 18.8 Å². The summed E-state index contributed by atoms with van der Waals surface area (Å²) in [7, 11) is 0. The summed E-state index contributed by atoms with van der Waals surface area (Å²) in [6.07, 6.45) is 2.81. The Bertz CT molecular complexity index is 557. The summed E-state index contributed by atoms with van der Waals surface area (Å²) in [5.74, 6) is 5.64. The molecule has 0 radical (unpaired) electrons. The normalized spacial score (nSPS) is 10.2. The number of nitrogen functional groups attached to an aromatic ring is 1. The summed E-state index contributed by atoms with van der Waals surface area (Å²) >= 11 is 0. The van der Waals surface area contributed by atoms with Gasteiger partial charge >= 0.3 is 5.69 Å². The van der Waals surface area contributed by atoms with Gasteiger partial charge < -0.3 is 15.3 Å². The molecule has 0 unspecified atom stereocenters. The van der Waals surface area contributed by atoms with Crippen LogP contribution in [0.25, 0.3) is 0 Å². The largest absolute Gasteiger partial charge is 0.364 e. The number of nitrogens with one attached hydrogen (secondary N) is 2. The lowest BCUT2D eigenvalue weighted by molar-refractivity contribution is -0.383. The van der Waals surface area contributed by atoms with Crippen LogP contribution >= 0.6 is 0 Å². The van der Waals surface area contributed by atoms with E-state index in [0.717, 1.165) is 0 Å². The van der Waals surface area contributed by atoms with Gasteiger partial charge in [0.25, 0.3) is 0 Å². The van der Waals surface area contributed by atoms with Crippen LogP contribution in [0.1, 0.15) is 5.82 Å². The molecule has 0 fully saturated rings. The van der Waals surface area contributed by atoms with Gasteiger partial charge in [-0.2, -0.15) is 4.98 Å². The van der Waals surface area contributed by atoms with Crippen molar-refractivity contribution in [3.05, 3.63) is 28.7 Å². The van der Waals surface area contributed by atoms with Crippen molar-refractivity contribution in [3.8, 4) is 0 Å². The van der Waals surface area contributed by atoms with Gasteiger partial charge in [0.1, 0.15) is 6.33 Å². The molecule has 11 nitrogen and oxygen atoms in total. The van der Waals surface area contributed by atoms with Crippen LogP contribution in [0.4, 0.5) is 17.3 Å². The van der Waals surface area contributed by atoms with Crippen LogP contribution in [0.2, 0.25) is 0 Å². The molecule has 100 valence electrons. The third kappa shape index (κ3) is 2.90. The number of hydrogen-bond acceptors (Lipinski definition) is 10. The zero-order valence-electron chi connectivity index (χ0n) is 9.61. The Labute approximate surface area is 106 Å². The highest BCUT2D eigenvalue weighted by molar-refractivity contribution is 5.68. The van der Waals surface area contributed by atoms with Gasteiger partial charge in [-0.3, -0.25) is 10.1 Å². The second-order valence-electron chi connectivity index (χ2n) is 3.35. The van der Waals surface area contributed by atoms with Gasteiger partial charge in [-0.1, -0.05) is 5.16 Å². The topological polar surface area (TPSA) is 158 Å². The molecule has 0 saturated heterocycles. The third-order valence-corrected chi connectivity index (χ3v) is 2.19. The Hall–Kier alpha value is -2.82. The maximum Gasteiger partial charge on any atom is 0.354 e. The van der Waals surface area contributed by atoms with E-state index in [1.165, 1.54) is 12.7 Å². The summed E-state index contributed by atoms with van der Waals surface area (Å²) in [4.78, 5) is 21.6. The molecule has 0 bridgehead atoms. The van der Waals surface area contributed by atoms with Crippen LogP contribution in [0.3, 0.4) is 0 Å². The number of nitro groups is 1. The van der Waals surface area contributed by atoms with E-state index < -0.39 is 4.92 Å². The van der Waals surface area contributed by atoms with Gasteiger partial charge in [-0.05, 0) is 0 Å². The Morgan fingerprint density at radius 1 is 1.37 bits per heavy atom. The van der Waals surface area contributed by atoms with Gasteiger partial charge in [-0.15, -0.1) is 0 Å². The van der Waals surface area contributed by atoms with Gasteiger partial charge in [0.2, 0.25) is 18.0 Å². The van der Waals surface area contributed by atoms with Crippen molar-refractivity contribution in [2.75, 3.05) is 17.3 Å². The maximum absolute atomic E-state index is 10.9. The number of nitrogens with zero attached hydrogens (tertiary/aromatic N) is 5. The Balaban J connectivity index is 2.09. The van der Waals surface area contributed by atoms with Crippen LogP contribution in [0.15, 0.2) is 17.2 Å². The smallest absolute Gasteiger partial charge is 0.354 e. The summed E-state index contributed by atoms with van der Waals surface area (Å²) in [6.45, 7) is 0.349. The molecule has 19 heavy (non-hydrogen) atoms. The van der Waals surface area contributed by atoms with Gasteiger partial charge in [0.15, 0.2) is 5.82 Å². The molecular weight excluding hydrogens is 256 g/mol. The standard InChI is InChI=1S/C8H10N8O3/c9-14-8-6(16(17)18)7(11-3-12-8)10-2-1-5-13-4-19-15-5/h3-4H,1-2,9H2,(H2,10,11,12,14).